The molecule has 1 unspecified atom stereocenters. The Morgan fingerprint density at radius 2 is 2.16 bits per heavy atom. The Hall–Kier alpha value is -2.02. The Morgan fingerprint density at radius 3 is 2.74 bits per heavy atom. The number of ether oxygens (including phenoxy) is 1. The zero-order valence-electron chi connectivity index (χ0n) is 11.1. The SMILES string of the molecule is CCC1CC(=O)N(CCOc2ccc(C#N)cc2)C1. The Balaban J connectivity index is 1.77. The molecule has 2 rings (SSSR count). The van der Waals surface area contributed by atoms with E-state index in [2.05, 4.69) is 13.0 Å². The highest BCUT2D eigenvalue weighted by molar-refractivity contribution is 5.78. The molecule has 1 aromatic carbocycles. The van der Waals surface area contributed by atoms with Crippen LogP contribution in [-0.2, 0) is 4.79 Å². The highest BCUT2D eigenvalue weighted by Crippen LogP contribution is 2.20. The van der Waals surface area contributed by atoms with E-state index in [9.17, 15) is 4.79 Å². The van der Waals surface area contributed by atoms with E-state index in [0.717, 1.165) is 18.7 Å². The molecular weight excluding hydrogens is 240 g/mol. The molecule has 100 valence electrons. The van der Waals surface area contributed by atoms with Crippen LogP contribution in [0, 0.1) is 17.2 Å². The van der Waals surface area contributed by atoms with Crippen molar-refractivity contribution in [2.75, 3.05) is 19.7 Å². The molecule has 0 aromatic heterocycles. The molecule has 1 fully saturated rings. The molecular formula is C15H18N2O2. The minimum atomic E-state index is 0.232. The maximum Gasteiger partial charge on any atom is 0.223 e. The fourth-order valence-electron chi connectivity index (χ4n) is 2.24. The number of hydrogen-bond acceptors (Lipinski definition) is 3. The molecule has 1 saturated heterocycles. The third-order valence-corrected chi connectivity index (χ3v) is 3.49. The van der Waals surface area contributed by atoms with Crippen LogP contribution >= 0.6 is 0 Å². The van der Waals surface area contributed by atoms with Crippen molar-refractivity contribution in [3.63, 3.8) is 0 Å². The summed E-state index contributed by atoms with van der Waals surface area (Å²) in [4.78, 5) is 13.6. The van der Waals surface area contributed by atoms with Gasteiger partial charge < -0.3 is 9.64 Å². The second-order valence-electron chi connectivity index (χ2n) is 4.80. The maximum absolute atomic E-state index is 11.7. The third kappa shape index (κ3) is 3.47. The first-order valence-electron chi connectivity index (χ1n) is 6.63. The van der Waals surface area contributed by atoms with Gasteiger partial charge >= 0.3 is 0 Å². The first-order chi connectivity index (χ1) is 9.22. The van der Waals surface area contributed by atoms with Gasteiger partial charge in [0.25, 0.3) is 0 Å². The molecule has 1 aromatic rings. The number of likely N-dealkylation sites (tertiary alicyclic amines) is 1. The average Bonchev–Trinajstić information content (AvgIpc) is 2.80. The maximum atomic E-state index is 11.7. The predicted molar refractivity (Wildman–Crippen MR) is 71.6 cm³/mol. The third-order valence-electron chi connectivity index (χ3n) is 3.49. The smallest absolute Gasteiger partial charge is 0.223 e. The normalized spacial score (nSPS) is 18.4. The molecule has 4 heteroatoms. The monoisotopic (exact) mass is 258 g/mol. The van der Waals surface area contributed by atoms with Gasteiger partial charge in [-0.3, -0.25) is 4.79 Å². The molecule has 0 bridgehead atoms. The van der Waals surface area contributed by atoms with Crippen molar-refractivity contribution in [3.8, 4) is 11.8 Å². The number of nitrogens with zero attached hydrogens (tertiary/aromatic N) is 2. The van der Waals surface area contributed by atoms with E-state index in [-0.39, 0.29) is 5.91 Å². The number of carbonyl (C=O) groups is 1. The van der Waals surface area contributed by atoms with E-state index in [4.69, 9.17) is 10.00 Å². The highest BCUT2D eigenvalue weighted by atomic mass is 16.5. The van der Waals surface area contributed by atoms with Gasteiger partial charge in [0.2, 0.25) is 5.91 Å². The summed E-state index contributed by atoms with van der Waals surface area (Å²) in [6.45, 7) is 4.10. The predicted octanol–water partition coefficient (Wildman–Crippen LogP) is 2.20. The van der Waals surface area contributed by atoms with Crippen LogP contribution in [0.4, 0.5) is 0 Å². The molecule has 0 radical (unpaired) electrons. The summed E-state index contributed by atoms with van der Waals surface area (Å²) in [5.41, 5.74) is 0.618. The molecule has 19 heavy (non-hydrogen) atoms. The van der Waals surface area contributed by atoms with Crippen molar-refractivity contribution >= 4 is 5.91 Å². The highest BCUT2D eigenvalue weighted by Gasteiger charge is 2.27. The van der Waals surface area contributed by atoms with Gasteiger partial charge in [-0.25, -0.2) is 0 Å². The quantitative estimate of drug-likeness (QED) is 0.813. The number of rotatable bonds is 5. The standard InChI is InChI=1S/C15H18N2O2/c1-2-12-9-15(18)17(11-12)7-8-19-14-5-3-13(10-16)4-6-14/h3-6,12H,2,7-9,11H2,1H3. The molecule has 1 aliphatic heterocycles. The second-order valence-corrected chi connectivity index (χ2v) is 4.80. The van der Waals surface area contributed by atoms with Crippen LogP contribution in [0.2, 0.25) is 0 Å². The summed E-state index contributed by atoms with van der Waals surface area (Å²) in [5.74, 6) is 1.47. The van der Waals surface area contributed by atoms with Crippen molar-refractivity contribution in [2.24, 2.45) is 5.92 Å². The van der Waals surface area contributed by atoms with Crippen LogP contribution in [0.5, 0.6) is 5.75 Å². The lowest BCUT2D eigenvalue weighted by Crippen LogP contribution is -2.29. The molecule has 1 heterocycles. The van der Waals surface area contributed by atoms with Gasteiger partial charge in [0, 0.05) is 13.0 Å². The Morgan fingerprint density at radius 1 is 1.42 bits per heavy atom. The summed E-state index contributed by atoms with van der Waals surface area (Å²) in [5, 5.41) is 8.69. The second kappa shape index (κ2) is 6.24. The minimum absolute atomic E-state index is 0.232. The number of carbonyl (C=O) groups excluding carboxylic acids is 1. The molecule has 1 aliphatic rings. The van der Waals surface area contributed by atoms with Crippen molar-refractivity contribution in [1.29, 1.82) is 5.26 Å². The Kier molecular flexibility index (Phi) is 4.40. The lowest BCUT2D eigenvalue weighted by Gasteiger charge is -2.16. The van der Waals surface area contributed by atoms with E-state index >= 15 is 0 Å². The van der Waals surface area contributed by atoms with Gasteiger partial charge in [0.05, 0.1) is 18.2 Å². The molecule has 0 N–H and O–H groups in total. The zero-order valence-corrected chi connectivity index (χ0v) is 11.1. The van der Waals surface area contributed by atoms with Gasteiger partial charge in [-0.15, -0.1) is 0 Å². The summed E-state index contributed by atoms with van der Waals surface area (Å²) in [7, 11) is 0. The van der Waals surface area contributed by atoms with Crippen LogP contribution in [0.15, 0.2) is 24.3 Å². The number of nitriles is 1. The van der Waals surface area contributed by atoms with Gasteiger partial charge in [0.1, 0.15) is 12.4 Å². The summed E-state index contributed by atoms with van der Waals surface area (Å²) in [6.07, 6.45) is 1.73. The van der Waals surface area contributed by atoms with Crippen molar-refractivity contribution in [2.45, 2.75) is 19.8 Å². The topological polar surface area (TPSA) is 53.3 Å². The molecule has 0 saturated carbocycles. The van der Waals surface area contributed by atoms with E-state index in [1.807, 2.05) is 4.90 Å². The number of hydrogen-bond donors (Lipinski definition) is 0. The van der Waals surface area contributed by atoms with Crippen LogP contribution in [0.1, 0.15) is 25.3 Å². The fourth-order valence-corrected chi connectivity index (χ4v) is 2.24. The van der Waals surface area contributed by atoms with Crippen molar-refractivity contribution < 1.29 is 9.53 Å². The lowest BCUT2D eigenvalue weighted by molar-refractivity contribution is -0.128. The molecule has 4 nitrogen and oxygen atoms in total. The molecule has 0 spiro atoms. The molecule has 1 amide bonds. The van der Waals surface area contributed by atoms with Crippen LogP contribution < -0.4 is 4.74 Å². The fraction of sp³-hybridized carbons (Fsp3) is 0.467. The average molecular weight is 258 g/mol. The first-order valence-corrected chi connectivity index (χ1v) is 6.63. The van der Waals surface area contributed by atoms with E-state index in [0.29, 0.717) is 31.1 Å². The Labute approximate surface area is 113 Å². The van der Waals surface area contributed by atoms with Crippen LogP contribution in [0.3, 0.4) is 0 Å². The van der Waals surface area contributed by atoms with E-state index in [1.165, 1.54) is 0 Å². The molecule has 0 aliphatic carbocycles. The van der Waals surface area contributed by atoms with Gasteiger partial charge in [-0.2, -0.15) is 5.26 Å². The summed E-state index contributed by atoms with van der Waals surface area (Å²) < 4.78 is 5.58. The zero-order chi connectivity index (χ0) is 13.7. The van der Waals surface area contributed by atoms with E-state index < -0.39 is 0 Å². The summed E-state index contributed by atoms with van der Waals surface area (Å²) in [6, 6.07) is 9.07. The number of benzene rings is 1. The van der Waals surface area contributed by atoms with Crippen molar-refractivity contribution in [1.82, 2.24) is 4.90 Å². The molecule has 1 atom stereocenters. The summed E-state index contributed by atoms with van der Waals surface area (Å²) >= 11 is 0. The van der Waals surface area contributed by atoms with Gasteiger partial charge in [0.15, 0.2) is 0 Å². The van der Waals surface area contributed by atoms with Crippen LogP contribution in [-0.4, -0.2) is 30.5 Å². The Bertz CT molecular complexity index is 476. The van der Waals surface area contributed by atoms with E-state index in [1.54, 1.807) is 24.3 Å². The largest absolute Gasteiger partial charge is 0.492 e. The van der Waals surface area contributed by atoms with Crippen molar-refractivity contribution in [3.05, 3.63) is 29.8 Å². The lowest BCUT2D eigenvalue weighted by atomic mass is 10.1. The van der Waals surface area contributed by atoms with Gasteiger partial charge in [-0.1, -0.05) is 13.3 Å². The number of amides is 1. The van der Waals surface area contributed by atoms with Crippen LogP contribution in [0.25, 0.3) is 0 Å². The first kappa shape index (κ1) is 13.4. The minimum Gasteiger partial charge on any atom is -0.492 e. The van der Waals surface area contributed by atoms with Gasteiger partial charge in [-0.05, 0) is 30.2 Å².